The Kier molecular flexibility index (Phi) is 5.68. The quantitative estimate of drug-likeness (QED) is 0.721. The molecule has 2 fully saturated rings. The molecule has 0 N–H and O–H groups in total. The van der Waals surface area contributed by atoms with Gasteiger partial charge in [0.25, 0.3) is 16.1 Å². The maximum absolute atomic E-state index is 12.9. The first-order chi connectivity index (χ1) is 13.9. The first-order valence-corrected chi connectivity index (χ1v) is 11.1. The number of carbonyl (C=O) groups excluding carboxylic acids is 1. The molecule has 29 heavy (non-hydrogen) atoms. The predicted octanol–water partition coefficient (Wildman–Crippen LogP) is 0.592. The van der Waals surface area contributed by atoms with E-state index in [2.05, 4.69) is 10.1 Å². The fourth-order valence-corrected chi connectivity index (χ4v) is 5.16. The zero-order valence-electron chi connectivity index (χ0n) is 16.4. The molecule has 1 aromatic heterocycles. The number of hydrogen-bond acceptors (Lipinski definition) is 6. The van der Waals surface area contributed by atoms with Gasteiger partial charge in [-0.1, -0.05) is 35.5 Å². The summed E-state index contributed by atoms with van der Waals surface area (Å²) in [7, 11) is -1.50. The highest BCUT2D eigenvalue weighted by Gasteiger charge is 2.35. The van der Waals surface area contributed by atoms with E-state index in [9.17, 15) is 13.2 Å². The molecule has 10 heteroatoms. The molecule has 9 nitrogen and oxygen atoms in total. The van der Waals surface area contributed by atoms with Crippen molar-refractivity contribution in [2.75, 3.05) is 59.4 Å². The third kappa shape index (κ3) is 4.20. The number of amides is 1. The topological polar surface area (TPSA) is 90.2 Å². The number of rotatable bonds is 4. The van der Waals surface area contributed by atoms with Crippen LogP contribution in [0.25, 0.3) is 11.3 Å². The van der Waals surface area contributed by atoms with Gasteiger partial charge in [0.2, 0.25) is 5.76 Å². The van der Waals surface area contributed by atoms with Crippen molar-refractivity contribution in [1.29, 1.82) is 0 Å². The van der Waals surface area contributed by atoms with Crippen molar-refractivity contribution in [1.82, 2.24) is 23.6 Å². The van der Waals surface area contributed by atoms with Crippen molar-refractivity contribution >= 4 is 16.1 Å². The zero-order valence-corrected chi connectivity index (χ0v) is 17.2. The standard InChI is InChI=1S/C19H25N5O4S/c1-21-7-11-23(12-8-21)29(26,27)24-13-9-22(10-14-24)19(25)18-15-17(20-28-18)16-5-3-2-4-6-16/h2-6,15H,7-14H2,1H3. The average Bonchev–Trinajstić information content (AvgIpc) is 3.24. The van der Waals surface area contributed by atoms with E-state index in [1.54, 1.807) is 11.0 Å². The highest BCUT2D eigenvalue weighted by atomic mass is 32.2. The summed E-state index contributed by atoms with van der Waals surface area (Å²) in [6, 6.07) is 11.1. The van der Waals surface area contributed by atoms with E-state index >= 15 is 0 Å². The van der Waals surface area contributed by atoms with Crippen LogP contribution in [-0.2, 0) is 10.2 Å². The Balaban J connectivity index is 1.37. The monoisotopic (exact) mass is 419 g/mol. The summed E-state index contributed by atoms with van der Waals surface area (Å²) in [5.41, 5.74) is 1.48. The van der Waals surface area contributed by atoms with Gasteiger partial charge in [-0.2, -0.15) is 17.0 Å². The van der Waals surface area contributed by atoms with Gasteiger partial charge in [0, 0.05) is 64.0 Å². The number of benzene rings is 1. The lowest BCUT2D eigenvalue weighted by Gasteiger charge is -2.38. The van der Waals surface area contributed by atoms with E-state index < -0.39 is 10.2 Å². The van der Waals surface area contributed by atoms with Gasteiger partial charge >= 0.3 is 0 Å². The molecule has 0 aliphatic carbocycles. The molecular formula is C19H25N5O4S. The second kappa shape index (κ2) is 8.23. The molecule has 3 heterocycles. The fraction of sp³-hybridized carbons (Fsp3) is 0.474. The van der Waals surface area contributed by atoms with Crippen LogP contribution in [0.15, 0.2) is 40.9 Å². The van der Waals surface area contributed by atoms with E-state index in [1.807, 2.05) is 37.4 Å². The van der Waals surface area contributed by atoms with Crippen LogP contribution in [-0.4, -0.2) is 97.3 Å². The van der Waals surface area contributed by atoms with Crippen molar-refractivity contribution < 1.29 is 17.7 Å². The maximum Gasteiger partial charge on any atom is 0.292 e. The number of hydrogen-bond donors (Lipinski definition) is 0. The summed E-state index contributed by atoms with van der Waals surface area (Å²) >= 11 is 0. The number of likely N-dealkylation sites (N-methyl/N-ethyl adjacent to an activating group) is 1. The van der Waals surface area contributed by atoms with Crippen LogP contribution in [0.2, 0.25) is 0 Å². The van der Waals surface area contributed by atoms with E-state index in [-0.39, 0.29) is 24.8 Å². The average molecular weight is 420 g/mol. The van der Waals surface area contributed by atoms with Gasteiger partial charge in [-0.25, -0.2) is 0 Å². The van der Waals surface area contributed by atoms with Crippen LogP contribution >= 0.6 is 0 Å². The van der Waals surface area contributed by atoms with Crippen molar-refractivity contribution in [2.45, 2.75) is 0 Å². The molecule has 0 spiro atoms. The lowest BCUT2D eigenvalue weighted by molar-refractivity contribution is 0.0651. The molecule has 2 aliphatic heterocycles. The van der Waals surface area contributed by atoms with E-state index in [4.69, 9.17) is 4.52 Å². The van der Waals surface area contributed by atoms with Gasteiger partial charge in [0.15, 0.2) is 0 Å². The SMILES string of the molecule is CN1CCN(S(=O)(=O)N2CCN(C(=O)c3cc(-c4ccccc4)no3)CC2)CC1. The largest absolute Gasteiger partial charge is 0.350 e. The molecule has 1 amide bonds. The van der Waals surface area contributed by atoms with Crippen molar-refractivity contribution in [2.24, 2.45) is 0 Å². The molecule has 2 aromatic rings. The lowest BCUT2D eigenvalue weighted by Crippen LogP contribution is -2.57. The molecule has 0 saturated carbocycles. The van der Waals surface area contributed by atoms with Crippen LogP contribution in [0.3, 0.4) is 0 Å². The van der Waals surface area contributed by atoms with Crippen LogP contribution < -0.4 is 0 Å². The summed E-state index contributed by atoms with van der Waals surface area (Å²) in [5.74, 6) is -0.101. The normalized spacial score (nSPS) is 20.1. The number of nitrogens with zero attached hydrogens (tertiary/aromatic N) is 5. The molecule has 2 aliphatic rings. The molecule has 0 unspecified atom stereocenters. The molecule has 1 aromatic carbocycles. The minimum absolute atomic E-state index is 0.166. The predicted molar refractivity (Wildman–Crippen MR) is 107 cm³/mol. The van der Waals surface area contributed by atoms with Gasteiger partial charge < -0.3 is 14.3 Å². The Morgan fingerprint density at radius 3 is 2.14 bits per heavy atom. The smallest absolute Gasteiger partial charge is 0.292 e. The summed E-state index contributed by atoms with van der Waals surface area (Å²) in [6.07, 6.45) is 0. The molecule has 4 rings (SSSR count). The number of carbonyl (C=O) groups is 1. The summed E-state index contributed by atoms with van der Waals surface area (Å²) < 4.78 is 34.0. The lowest BCUT2D eigenvalue weighted by atomic mass is 10.1. The van der Waals surface area contributed by atoms with Crippen LogP contribution in [0.5, 0.6) is 0 Å². The summed E-state index contributed by atoms with van der Waals surface area (Å²) in [6.45, 7) is 3.66. The Bertz CT molecular complexity index is 946. The van der Waals surface area contributed by atoms with Gasteiger partial charge in [0.05, 0.1) is 0 Å². The molecule has 0 atom stereocenters. The van der Waals surface area contributed by atoms with Crippen molar-refractivity contribution in [3.05, 3.63) is 42.2 Å². The molecule has 0 bridgehead atoms. The van der Waals surface area contributed by atoms with Gasteiger partial charge in [-0.15, -0.1) is 0 Å². The van der Waals surface area contributed by atoms with Gasteiger partial charge in [-0.3, -0.25) is 4.79 Å². The number of aromatic nitrogens is 1. The Hall–Kier alpha value is -2.27. The third-order valence-corrected chi connectivity index (χ3v) is 7.47. The fourth-order valence-electron chi connectivity index (χ4n) is 3.58. The third-order valence-electron chi connectivity index (χ3n) is 5.43. The molecular weight excluding hydrogens is 394 g/mol. The highest BCUT2D eigenvalue weighted by molar-refractivity contribution is 7.86. The minimum Gasteiger partial charge on any atom is -0.350 e. The Labute approximate surface area is 170 Å². The van der Waals surface area contributed by atoms with E-state index in [0.29, 0.717) is 31.9 Å². The Morgan fingerprint density at radius 1 is 0.931 bits per heavy atom. The van der Waals surface area contributed by atoms with Gasteiger partial charge in [0.1, 0.15) is 5.69 Å². The number of piperazine rings is 2. The Morgan fingerprint density at radius 2 is 1.52 bits per heavy atom. The second-order valence-electron chi connectivity index (χ2n) is 7.34. The van der Waals surface area contributed by atoms with Gasteiger partial charge in [-0.05, 0) is 7.05 Å². The maximum atomic E-state index is 12.9. The molecule has 0 radical (unpaired) electrons. The van der Waals surface area contributed by atoms with Crippen LogP contribution in [0, 0.1) is 0 Å². The highest BCUT2D eigenvalue weighted by Crippen LogP contribution is 2.21. The second-order valence-corrected chi connectivity index (χ2v) is 9.27. The van der Waals surface area contributed by atoms with Crippen molar-refractivity contribution in [3.8, 4) is 11.3 Å². The molecule has 156 valence electrons. The first-order valence-electron chi connectivity index (χ1n) is 9.70. The zero-order chi connectivity index (χ0) is 20.4. The minimum atomic E-state index is -3.49. The van der Waals surface area contributed by atoms with E-state index in [0.717, 1.165) is 18.7 Å². The van der Waals surface area contributed by atoms with Crippen molar-refractivity contribution in [3.63, 3.8) is 0 Å². The summed E-state index contributed by atoms with van der Waals surface area (Å²) in [5, 5.41) is 3.98. The van der Waals surface area contributed by atoms with Crippen LogP contribution in [0.4, 0.5) is 0 Å². The van der Waals surface area contributed by atoms with Crippen LogP contribution in [0.1, 0.15) is 10.6 Å². The first kappa shape index (κ1) is 20.0. The van der Waals surface area contributed by atoms with E-state index in [1.165, 1.54) is 8.61 Å². The molecule has 2 saturated heterocycles. The summed E-state index contributed by atoms with van der Waals surface area (Å²) in [4.78, 5) is 16.5.